The number of para-hydroxylation sites is 2. The third-order valence-electron chi connectivity index (χ3n) is 4.17. The lowest BCUT2D eigenvalue weighted by Gasteiger charge is -2.14. The average molecular weight is 364 g/mol. The molecule has 0 aliphatic carbocycles. The van der Waals surface area contributed by atoms with Crippen molar-refractivity contribution >= 4 is 39.7 Å². The van der Waals surface area contributed by atoms with Crippen LogP contribution in [0.3, 0.4) is 0 Å². The van der Waals surface area contributed by atoms with Crippen molar-refractivity contribution in [1.82, 2.24) is 14.5 Å². The zero-order chi connectivity index (χ0) is 18.3. The van der Waals surface area contributed by atoms with Crippen molar-refractivity contribution in [3.8, 4) is 5.69 Å². The molecule has 7 heteroatoms. The minimum Gasteiger partial charge on any atom is -0.549 e. The molecule has 0 aliphatic rings. The van der Waals surface area contributed by atoms with E-state index in [1.165, 1.54) is 4.57 Å². The fourth-order valence-electron chi connectivity index (χ4n) is 2.99. The number of hydrogen-bond acceptors (Lipinski definition) is 5. The van der Waals surface area contributed by atoms with Gasteiger partial charge in [0.25, 0.3) is 5.56 Å². The molecule has 0 bridgehead atoms. The molecule has 26 heavy (non-hydrogen) atoms. The quantitative estimate of drug-likeness (QED) is 0.442. The number of aryl methyl sites for hydroxylation is 1. The van der Waals surface area contributed by atoms with Crippen LogP contribution in [0.15, 0.2) is 58.5 Å². The maximum absolute atomic E-state index is 13.2. The Kier molecular flexibility index (Phi) is 4.00. The minimum atomic E-state index is -1.21. The van der Waals surface area contributed by atoms with Crippen molar-refractivity contribution in [2.45, 2.75) is 12.1 Å². The van der Waals surface area contributed by atoms with Crippen molar-refractivity contribution in [2.75, 3.05) is 5.75 Å². The number of benzene rings is 2. The first-order chi connectivity index (χ1) is 12.6. The Labute approximate surface area is 152 Å². The van der Waals surface area contributed by atoms with E-state index in [9.17, 15) is 14.7 Å². The average Bonchev–Trinajstić information content (AvgIpc) is 3.00. The molecule has 2 heterocycles. The van der Waals surface area contributed by atoms with Crippen LogP contribution >= 0.6 is 11.8 Å². The van der Waals surface area contributed by atoms with E-state index in [2.05, 4.69) is 9.97 Å². The van der Waals surface area contributed by atoms with E-state index in [0.29, 0.717) is 21.9 Å². The first kappa shape index (κ1) is 16.4. The molecule has 0 amide bonds. The molecule has 130 valence electrons. The van der Waals surface area contributed by atoms with Gasteiger partial charge in [0.15, 0.2) is 5.16 Å². The van der Waals surface area contributed by atoms with Crippen LogP contribution in [0.1, 0.15) is 5.56 Å². The number of nitrogens with zero attached hydrogens (tertiary/aromatic N) is 2. The van der Waals surface area contributed by atoms with Crippen molar-refractivity contribution in [3.05, 3.63) is 64.4 Å². The molecule has 0 saturated carbocycles. The monoisotopic (exact) mass is 364 g/mol. The van der Waals surface area contributed by atoms with Crippen LogP contribution in [-0.2, 0) is 4.79 Å². The zero-order valence-electron chi connectivity index (χ0n) is 13.9. The molecular weight excluding hydrogens is 350 g/mol. The maximum Gasteiger partial charge on any atom is 0.283 e. The number of hydrogen-bond donors (Lipinski definition) is 1. The van der Waals surface area contributed by atoms with Gasteiger partial charge in [-0.2, -0.15) is 0 Å². The number of carboxylic acid groups (broad SMARTS) is 1. The summed E-state index contributed by atoms with van der Waals surface area (Å²) in [5.74, 6) is -1.49. The molecule has 0 spiro atoms. The molecular formula is C19H14N3O3S-. The van der Waals surface area contributed by atoms with Crippen LogP contribution in [0.5, 0.6) is 0 Å². The summed E-state index contributed by atoms with van der Waals surface area (Å²) >= 11 is 0.976. The van der Waals surface area contributed by atoms with Crippen molar-refractivity contribution in [1.29, 1.82) is 0 Å². The number of carbonyl (C=O) groups excluding carboxylic acids is 1. The molecule has 6 nitrogen and oxygen atoms in total. The van der Waals surface area contributed by atoms with Gasteiger partial charge in [0.05, 0.1) is 11.7 Å². The zero-order valence-corrected chi connectivity index (χ0v) is 14.7. The predicted octanol–water partition coefficient (Wildman–Crippen LogP) is 2.02. The van der Waals surface area contributed by atoms with E-state index in [0.717, 1.165) is 28.2 Å². The second-order valence-corrected chi connectivity index (χ2v) is 6.82. The highest BCUT2D eigenvalue weighted by Gasteiger charge is 2.17. The van der Waals surface area contributed by atoms with Gasteiger partial charge in [0.2, 0.25) is 0 Å². The summed E-state index contributed by atoms with van der Waals surface area (Å²) < 4.78 is 1.46. The number of fused-ring (bicyclic) bond motifs is 3. The smallest absolute Gasteiger partial charge is 0.283 e. The first-order valence-electron chi connectivity index (χ1n) is 7.98. The van der Waals surface area contributed by atoms with Crippen molar-refractivity contribution in [3.63, 3.8) is 0 Å². The highest BCUT2D eigenvalue weighted by Crippen LogP contribution is 2.26. The number of carbonyl (C=O) groups is 1. The highest BCUT2D eigenvalue weighted by molar-refractivity contribution is 7.99. The van der Waals surface area contributed by atoms with Crippen LogP contribution < -0.4 is 10.7 Å². The molecule has 4 aromatic rings. The van der Waals surface area contributed by atoms with Gasteiger partial charge in [0.1, 0.15) is 11.0 Å². The fraction of sp³-hybridized carbons (Fsp3) is 0.105. The summed E-state index contributed by atoms with van der Waals surface area (Å²) in [7, 11) is 0. The molecule has 0 unspecified atom stereocenters. The third-order valence-corrected chi connectivity index (χ3v) is 5.08. The van der Waals surface area contributed by atoms with E-state index in [4.69, 9.17) is 0 Å². The normalized spacial score (nSPS) is 11.3. The third kappa shape index (κ3) is 2.66. The Hall–Kier alpha value is -3.06. The van der Waals surface area contributed by atoms with Gasteiger partial charge in [-0.1, -0.05) is 48.2 Å². The van der Waals surface area contributed by atoms with Gasteiger partial charge >= 0.3 is 0 Å². The number of aliphatic carboxylic acids is 1. The summed E-state index contributed by atoms with van der Waals surface area (Å²) in [6, 6.07) is 14.9. The van der Waals surface area contributed by atoms with Gasteiger partial charge in [-0.25, -0.2) is 4.98 Å². The molecule has 1 N–H and O–H groups in total. The van der Waals surface area contributed by atoms with Gasteiger partial charge in [-0.3, -0.25) is 9.36 Å². The number of H-pyrrole nitrogens is 1. The highest BCUT2D eigenvalue weighted by atomic mass is 32.2. The SMILES string of the molecule is Cc1ccccc1-n1c(SCC(=O)[O-])nc2c([nH]c3ccccc32)c1=O. The Morgan fingerprint density at radius 3 is 2.69 bits per heavy atom. The Morgan fingerprint density at radius 1 is 1.19 bits per heavy atom. The Bertz CT molecular complexity index is 1210. The van der Waals surface area contributed by atoms with Crippen LogP contribution in [0.2, 0.25) is 0 Å². The Morgan fingerprint density at radius 2 is 1.92 bits per heavy atom. The van der Waals surface area contributed by atoms with Gasteiger partial charge in [-0.15, -0.1) is 0 Å². The molecule has 2 aromatic carbocycles. The molecule has 0 fully saturated rings. The number of thioether (sulfide) groups is 1. The lowest BCUT2D eigenvalue weighted by molar-refractivity contribution is -0.301. The standard InChI is InChI=1S/C19H15N3O3S/c1-11-6-2-5-9-14(11)22-18(25)17-16(21-19(22)26-10-15(23)24)12-7-3-4-8-13(12)20-17/h2-9,20H,10H2,1H3,(H,23,24)/p-1. The second kappa shape index (κ2) is 6.34. The largest absolute Gasteiger partial charge is 0.549 e. The van der Waals surface area contributed by atoms with Crippen LogP contribution in [0.25, 0.3) is 27.6 Å². The van der Waals surface area contributed by atoms with E-state index in [1.54, 1.807) is 0 Å². The van der Waals surface area contributed by atoms with Crippen molar-refractivity contribution in [2.24, 2.45) is 0 Å². The summed E-state index contributed by atoms with van der Waals surface area (Å²) in [5, 5.41) is 12.1. The number of rotatable bonds is 4. The van der Waals surface area contributed by atoms with Gasteiger partial charge < -0.3 is 14.9 Å². The molecule has 0 atom stereocenters. The fourth-order valence-corrected chi connectivity index (χ4v) is 3.70. The lowest BCUT2D eigenvalue weighted by atomic mass is 10.2. The number of aromatic amines is 1. The topological polar surface area (TPSA) is 90.8 Å². The molecule has 0 radical (unpaired) electrons. The summed E-state index contributed by atoms with van der Waals surface area (Å²) in [6.45, 7) is 1.89. The second-order valence-electron chi connectivity index (χ2n) is 5.88. The molecule has 0 saturated heterocycles. The van der Waals surface area contributed by atoms with Crippen LogP contribution in [-0.4, -0.2) is 26.3 Å². The van der Waals surface area contributed by atoms with Crippen molar-refractivity contribution < 1.29 is 9.90 Å². The number of aromatic nitrogens is 3. The summed E-state index contributed by atoms with van der Waals surface area (Å²) in [5.41, 5.74) is 3.05. The van der Waals surface area contributed by atoms with Crippen LogP contribution in [0.4, 0.5) is 0 Å². The molecule has 4 rings (SSSR count). The Balaban J connectivity index is 2.07. The predicted molar refractivity (Wildman–Crippen MR) is 99.7 cm³/mol. The van der Waals surface area contributed by atoms with E-state index >= 15 is 0 Å². The van der Waals surface area contributed by atoms with Gasteiger partial charge in [-0.05, 0) is 24.6 Å². The van der Waals surface area contributed by atoms with E-state index < -0.39 is 5.97 Å². The van der Waals surface area contributed by atoms with E-state index in [-0.39, 0.29) is 11.3 Å². The lowest BCUT2D eigenvalue weighted by Crippen LogP contribution is -2.26. The summed E-state index contributed by atoms with van der Waals surface area (Å²) in [6.07, 6.45) is 0. The van der Waals surface area contributed by atoms with Gasteiger partial charge in [0, 0.05) is 16.7 Å². The molecule has 2 aromatic heterocycles. The van der Waals surface area contributed by atoms with E-state index in [1.807, 2.05) is 55.5 Å². The summed E-state index contributed by atoms with van der Waals surface area (Å²) in [4.78, 5) is 31.9. The van der Waals surface area contributed by atoms with Crippen LogP contribution in [0, 0.1) is 6.92 Å². The number of nitrogens with one attached hydrogen (secondary N) is 1. The first-order valence-corrected chi connectivity index (χ1v) is 8.97. The maximum atomic E-state index is 13.2. The number of carboxylic acids is 1. The molecule has 0 aliphatic heterocycles. The minimum absolute atomic E-state index is 0.263.